The molecule has 2 aromatic rings. The maximum Gasteiger partial charge on any atom is 0.234 e. The van der Waals surface area contributed by atoms with Crippen LogP contribution in [-0.2, 0) is 11.3 Å². The molecule has 2 rings (SSSR count). The Kier molecular flexibility index (Phi) is 5.08. The highest BCUT2D eigenvalue weighted by Gasteiger charge is 2.18. The Morgan fingerprint density at radius 3 is 2.55 bits per heavy atom. The first-order chi connectivity index (χ1) is 10.4. The van der Waals surface area contributed by atoms with Crippen molar-refractivity contribution in [3.63, 3.8) is 0 Å². The number of H-pyrrole nitrogens is 1. The SMILES string of the molecule is Cc1ccc(-c2c(CNC(=O)CN)[nH]c(C)c2Br)c(C)c1C. The average Bonchev–Trinajstić information content (AvgIpc) is 2.78. The summed E-state index contributed by atoms with van der Waals surface area (Å²) in [6.07, 6.45) is 0. The van der Waals surface area contributed by atoms with Gasteiger partial charge in [-0.25, -0.2) is 0 Å². The van der Waals surface area contributed by atoms with Gasteiger partial charge in [0, 0.05) is 21.4 Å². The molecule has 0 saturated heterocycles. The van der Waals surface area contributed by atoms with Crippen molar-refractivity contribution < 1.29 is 4.79 Å². The van der Waals surface area contributed by atoms with E-state index in [2.05, 4.69) is 59.1 Å². The van der Waals surface area contributed by atoms with Gasteiger partial charge in [-0.1, -0.05) is 12.1 Å². The van der Waals surface area contributed by atoms with Crippen molar-refractivity contribution in [3.8, 4) is 11.1 Å². The van der Waals surface area contributed by atoms with Gasteiger partial charge in [-0.05, 0) is 65.9 Å². The summed E-state index contributed by atoms with van der Waals surface area (Å²) in [6.45, 7) is 8.83. The predicted molar refractivity (Wildman–Crippen MR) is 93.8 cm³/mol. The van der Waals surface area contributed by atoms with Crippen LogP contribution in [0.2, 0.25) is 0 Å². The summed E-state index contributed by atoms with van der Waals surface area (Å²) >= 11 is 3.67. The minimum atomic E-state index is -0.161. The monoisotopic (exact) mass is 363 g/mol. The molecule has 1 aromatic carbocycles. The molecule has 0 unspecified atom stereocenters. The van der Waals surface area contributed by atoms with E-state index in [0.29, 0.717) is 6.54 Å². The summed E-state index contributed by atoms with van der Waals surface area (Å²) in [5, 5.41) is 2.83. The molecule has 0 aliphatic rings. The van der Waals surface area contributed by atoms with E-state index in [-0.39, 0.29) is 12.5 Å². The highest BCUT2D eigenvalue weighted by molar-refractivity contribution is 9.10. The Morgan fingerprint density at radius 1 is 1.23 bits per heavy atom. The predicted octanol–water partition coefficient (Wildman–Crippen LogP) is 3.25. The number of aromatic nitrogens is 1. The van der Waals surface area contributed by atoms with Crippen LogP contribution in [-0.4, -0.2) is 17.4 Å². The fourth-order valence-electron chi connectivity index (χ4n) is 2.56. The number of aromatic amines is 1. The number of halogens is 1. The number of benzene rings is 1. The highest BCUT2D eigenvalue weighted by Crippen LogP contribution is 2.37. The van der Waals surface area contributed by atoms with E-state index < -0.39 is 0 Å². The topological polar surface area (TPSA) is 70.9 Å². The minimum absolute atomic E-state index is 0.00113. The van der Waals surface area contributed by atoms with Crippen molar-refractivity contribution in [2.75, 3.05) is 6.54 Å². The van der Waals surface area contributed by atoms with Gasteiger partial charge in [0.25, 0.3) is 0 Å². The van der Waals surface area contributed by atoms with Crippen molar-refractivity contribution in [2.45, 2.75) is 34.2 Å². The van der Waals surface area contributed by atoms with Gasteiger partial charge >= 0.3 is 0 Å². The van der Waals surface area contributed by atoms with Crippen molar-refractivity contribution in [2.24, 2.45) is 5.73 Å². The molecular weight excluding hydrogens is 342 g/mol. The Balaban J connectivity index is 2.51. The van der Waals surface area contributed by atoms with Gasteiger partial charge in [0.05, 0.1) is 13.1 Å². The number of nitrogens with two attached hydrogens (primary N) is 1. The Morgan fingerprint density at radius 2 is 1.91 bits per heavy atom. The van der Waals surface area contributed by atoms with Crippen molar-refractivity contribution in [1.82, 2.24) is 10.3 Å². The van der Waals surface area contributed by atoms with Crippen LogP contribution in [0.4, 0.5) is 0 Å². The summed E-state index contributed by atoms with van der Waals surface area (Å²) in [5.74, 6) is -0.161. The Bertz CT molecular complexity index is 719. The standard InChI is InChI=1S/C17H22BrN3O/c1-9-5-6-13(11(3)10(9)2)16-14(8-20-15(22)7-19)21-12(4)17(16)18/h5-6,21H,7-8,19H2,1-4H3,(H,20,22). The van der Waals surface area contributed by atoms with E-state index in [1.165, 1.54) is 22.3 Å². The van der Waals surface area contributed by atoms with Gasteiger partial charge in [-0.2, -0.15) is 0 Å². The van der Waals surface area contributed by atoms with Crippen LogP contribution in [0.3, 0.4) is 0 Å². The smallest absolute Gasteiger partial charge is 0.234 e. The largest absolute Gasteiger partial charge is 0.360 e. The van der Waals surface area contributed by atoms with Crippen LogP contribution in [0.5, 0.6) is 0 Å². The number of aryl methyl sites for hydroxylation is 2. The lowest BCUT2D eigenvalue weighted by Gasteiger charge is -2.13. The summed E-state index contributed by atoms with van der Waals surface area (Å²) in [6, 6.07) is 4.27. The molecule has 0 aliphatic heterocycles. The molecule has 0 radical (unpaired) electrons. The molecule has 0 spiro atoms. The van der Waals surface area contributed by atoms with Gasteiger partial charge in [0.1, 0.15) is 0 Å². The zero-order valence-electron chi connectivity index (χ0n) is 13.4. The molecule has 1 amide bonds. The third-order valence-corrected chi connectivity index (χ3v) is 5.16. The second-order valence-corrected chi connectivity index (χ2v) is 6.37. The van der Waals surface area contributed by atoms with E-state index in [9.17, 15) is 4.79 Å². The Labute approximate surface area is 139 Å². The van der Waals surface area contributed by atoms with E-state index in [0.717, 1.165) is 21.4 Å². The summed E-state index contributed by atoms with van der Waals surface area (Å²) in [4.78, 5) is 14.8. The van der Waals surface area contributed by atoms with Crippen molar-refractivity contribution in [1.29, 1.82) is 0 Å². The van der Waals surface area contributed by atoms with E-state index in [1.54, 1.807) is 0 Å². The van der Waals surface area contributed by atoms with Crippen LogP contribution < -0.4 is 11.1 Å². The first kappa shape index (κ1) is 16.8. The number of amides is 1. The third-order valence-electron chi connectivity index (χ3n) is 4.16. The quantitative estimate of drug-likeness (QED) is 0.779. The second kappa shape index (κ2) is 6.67. The number of nitrogens with one attached hydrogen (secondary N) is 2. The van der Waals surface area contributed by atoms with E-state index in [1.807, 2.05) is 6.92 Å². The maximum absolute atomic E-state index is 11.4. The molecule has 0 bridgehead atoms. The van der Waals surface area contributed by atoms with Crippen LogP contribution in [0.1, 0.15) is 28.1 Å². The van der Waals surface area contributed by atoms with E-state index >= 15 is 0 Å². The average molecular weight is 364 g/mol. The lowest BCUT2D eigenvalue weighted by atomic mass is 9.94. The van der Waals surface area contributed by atoms with Crippen LogP contribution in [0.15, 0.2) is 16.6 Å². The van der Waals surface area contributed by atoms with Gasteiger partial charge in [-0.15, -0.1) is 0 Å². The summed E-state index contributed by atoms with van der Waals surface area (Å²) < 4.78 is 1.04. The normalized spacial score (nSPS) is 10.8. The third kappa shape index (κ3) is 3.10. The number of rotatable bonds is 4. The maximum atomic E-state index is 11.4. The number of carbonyl (C=O) groups is 1. The molecule has 22 heavy (non-hydrogen) atoms. The summed E-state index contributed by atoms with van der Waals surface area (Å²) in [7, 11) is 0. The van der Waals surface area contributed by atoms with Crippen LogP contribution >= 0.6 is 15.9 Å². The van der Waals surface area contributed by atoms with Crippen molar-refractivity contribution in [3.05, 3.63) is 44.7 Å². The van der Waals surface area contributed by atoms with Gasteiger partial charge < -0.3 is 16.0 Å². The Hall–Kier alpha value is -1.59. The highest BCUT2D eigenvalue weighted by atomic mass is 79.9. The first-order valence-electron chi connectivity index (χ1n) is 7.27. The van der Waals surface area contributed by atoms with Crippen LogP contribution in [0.25, 0.3) is 11.1 Å². The molecule has 0 aliphatic carbocycles. The number of carbonyl (C=O) groups excluding carboxylic acids is 1. The van der Waals surface area contributed by atoms with E-state index in [4.69, 9.17) is 5.73 Å². The lowest BCUT2D eigenvalue weighted by Crippen LogP contribution is -2.30. The molecule has 1 heterocycles. The molecule has 4 N–H and O–H groups in total. The van der Waals surface area contributed by atoms with Crippen molar-refractivity contribution >= 4 is 21.8 Å². The second-order valence-electron chi connectivity index (χ2n) is 5.58. The summed E-state index contributed by atoms with van der Waals surface area (Å²) in [5.41, 5.74) is 13.5. The van der Waals surface area contributed by atoms with Gasteiger partial charge in [-0.3, -0.25) is 4.79 Å². The molecule has 0 atom stereocenters. The van der Waals surface area contributed by atoms with Gasteiger partial charge in [0.2, 0.25) is 5.91 Å². The van der Waals surface area contributed by atoms with Crippen LogP contribution in [0, 0.1) is 27.7 Å². The molecular formula is C17H22BrN3O. The number of hydrogen-bond acceptors (Lipinski definition) is 2. The molecule has 5 heteroatoms. The molecule has 0 saturated carbocycles. The molecule has 0 fully saturated rings. The minimum Gasteiger partial charge on any atom is -0.360 e. The fourth-order valence-corrected chi connectivity index (χ4v) is 3.12. The zero-order chi connectivity index (χ0) is 16.4. The zero-order valence-corrected chi connectivity index (χ0v) is 15.0. The first-order valence-corrected chi connectivity index (χ1v) is 8.07. The fraction of sp³-hybridized carbons (Fsp3) is 0.353. The molecule has 1 aromatic heterocycles. The molecule has 118 valence electrons. The number of hydrogen-bond donors (Lipinski definition) is 3. The van der Waals surface area contributed by atoms with Gasteiger partial charge in [0.15, 0.2) is 0 Å². The molecule has 4 nitrogen and oxygen atoms in total. The lowest BCUT2D eigenvalue weighted by molar-refractivity contribution is -0.119.